The van der Waals surface area contributed by atoms with E-state index in [9.17, 15) is 9.18 Å². The number of carbonyl (C=O) groups excluding carboxylic acids is 1. The number of hydrogen-bond donors (Lipinski definition) is 2. The molecule has 0 fully saturated rings. The second kappa shape index (κ2) is 7.01. The van der Waals surface area contributed by atoms with E-state index in [0.717, 1.165) is 12.0 Å². The predicted octanol–water partition coefficient (Wildman–Crippen LogP) is 1.78. The Morgan fingerprint density at radius 1 is 1.41 bits per heavy atom. The molecule has 0 aliphatic carbocycles. The Hall–Kier alpha value is -1.42. The van der Waals surface area contributed by atoms with Gasteiger partial charge in [-0.1, -0.05) is 19.1 Å². The van der Waals surface area contributed by atoms with Crippen LogP contribution in [0.5, 0.6) is 0 Å². The van der Waals surface area contributed by atoms with Crippen LogP contribution >= 0.6 is 0 Å². The van der Waals surface area contributed by atoms with Gasteiger partial charge in [-0.05, 0) is 30.7 Å². The van der Waals surface area contributed by atoms with Crippen molar-refractivity contribution in [3.8, 4) is 0 Å². The van der Waals surface area contributed by atoms with Crippen LogP contribution in [0.4, 0.5) is 4.39 Å². The molecule has 1 atom stereocenters. The lowest BCUT2D eigenvalue weighted by Crippen LogP contribution is -2.27. The lowest BCUT2D eigenvalue weighted by molar-refractivity contribution is -0.121. The summed E-state index contributed by atoms with van der Waals surface area (Å²) in [6.45, 7) is 3.06. The van der Waals surface area contributed by atoms with Crippen molar-refractivity contribution in [1.82, 2.24) is 5.32 Å². The van der Waals surface area contributed by atoms with Gasteiger partial charge in [-0.15, -0.1) is 0 Å². The third-order valence-corrected chi connectivity index (χ3v) is 2.63. The molecule has 3 N–H and O–H groups in total. The van der Waals surface area contributed by atoms with E-state index in [1.807, 2.05) is 6.92 Å². The highest BCUT2D eigenvalue weighted by atomic mass is 19.1. The van der Waals surface area contributed by atoms with Crippen LogP contribution in [-0.2, 0) is 4.79 Å². The largest absolute Gasteiger partial charge is 0.356 e. The summed E-state index contributed by atoms with van der Waals surface area (Å²) in [5.74, 6) is -0.334. The smallest absolute Gasteiger partial charge is 0.220 e. The Labute approximate surface area is 101 Å². The minimum absolute atomic E-state index is 0.00775. The molecule has 0 radical (unpaired) electrons. The summed E-state index contributed by atoms with van der Waals surface area (Å²) in [7, 11) is 0. The van der Waals surface area contributed by atoms with Gasteiger partial charge in [0.25, 0.3) is 0 Å². The molecule has 4 heteroatoms. The molecule has 1 aromatic rings. The third-order valence-electron chi connectivity index (χ3n) is 2.63. The minimum atomic E-state index is -0.278. The maximum absolute atomic E-state index is 12.8. The highest BCUT2D eigenvalue weighted by Crippen LogP contribution is 2.18. The number of nitrogens with one attached hydrogen (secondary N) is 1. The van der Waals surface area contributed by atoms with Crippen molar-refractivity contribution < 1.29 is 9.18 Å². The van der Waals surface area contributed by atoms with Crippen molar-refractivity contribution in [2.45, 2.75) is 25.7 Å². The van der Waals surface area contributed by atoms with Gasteiger partial charge in [-0.25, -0.2) is 4.39 Å². The standard InChI is InChI=1S/C13H19FN2O/c1-2-7-16-13(17)8-11(9-15)10-3-5-12(14)6-4-10/h3-6,11H,2,7-9,15H2,1H3,(H,16,17). The first-order valence-corrected chi connectivity index (χ1v) is 5.89. The first-order chi connectivity index (χ1) is 8.17. The van der Waals surface area contributed by atoms with Gasteiger partial charge in [0.15, 0.2) is 0 Å². The molecule has 1 unspecified atom stereocenters. The summed E-state index contributed by atoms with van der Waals surface area (Å²) >= 11 is 0. The highest BCUT2D eigenvalue weighted by Gasteiger charge is 2.14. The number of amides is 1. The van der Waals surface area contributed by atoms with Crippen molar-refractivity contribution in [1.29, 1.82) is 0 Å². The monoisotopic (exact) mass is 238 g/mol. The van der Waals surface area contributed by atoms with Crippen LogP contribution in [-0.4, -0.2) is 19.0 Å². The topological polar surface area (TPSA) is 55.1 Å². The zero-order chi connectivity index (χ0) is 12.7. The summed E-state index contributed by atoms with van der Waals surface area (Å²) in [5, 5.41) is 2.81. The van der Waals surface area contributed by atoms with Gasteiger partial charge in [0.2, 0.25) is 5.91 Å². The number of hydrogen-bond acceptors (Lipinski definition) is 2. The Balaban J connectivity index is 2.59. The van der Waals surface area contributed by atoms with Gasteiger partial charge in [0.05, 0.1) is 0 Å². The van der Waals surface area contributed by atoms with Gasteiger partial charge in [-0.3, -0.25) is 4.79 Å². The fraction of sp³-hybridized carbons (Fsp3) is 0.462. The Kier molecular flexibility index (Phi) is 5.63. The Bertz CT molecular complexity index is 351. The van der Waals surface area contributed by atoms with E-state index < -0.39 is 0 Å². The molecule has 1 amide bonds. The van der Waals surface area contributed by atoms with Crippen LogP contribution in [0.15, 0.2) is 24.3 Å². The SMILES string of the molecule is CCCNC(=O)CC(CN)c1ccc(F)cc1. The molecule has 0 spiro atoms. The van der Waals surface area contributed by atoms with E-state index in [1.54, 1.807) is 12.1 Å². The van der Waals surface area contributed by atoms with Crippen molar-refractivity contribution >= 4 is 5.91 Å². The zero-order valence-electron chi connectivity index (χ0n) is 10.1. The fourth-order valence-electron chi connectivity index (χ4n) is 1.63. The molecule has 0 heterocycles. The van der Waals surface area contributed by atoms with Gasteiger partial charge < -0.3 is 11.1 Å². The molecule has 1 aromatic carbocycles. The van der Waals surface area contributed by atoms with Gasteiger partial charge in [0, 0.05) is 18.9 Å². The molecular formula is C13H19FN2O. The Morgan fingerprint density at radius 3 is 2.59 bits per heavy atom. The summed E-state index contributed by atoms with van der Waals surface area (Å²) in [6.07, 6.45) is 1.26. The summed E-state index contributed by atoms with van der Waals surface area (Å²) in [6, 6.07) is 6.14. The molecule has 0 aliphatic rings. The van der Waals surface area contributed by atoms with Crippen molar-refractivity contribution in [2.24, 2.45) is 5.73 Å². The second-order valence-corrected chi connectivity index (χ2v) is 4.04. The van der Waals surface area contributed by atoms with Crippen LogP contribution in [0, 0.1) is 5.82 Å². The van der Waals surface area contributed by atoms with E-state index in [0.29, 0.717) is 19.5 Å². The summed E-state index contributed by atoms with van der Waals surface area (Å²) < 4.78 is 12.8. The van der Waals surface area contributed by atoms with Crippen LogP contribution in [0.25, 0.3) is 0 Å². The first kappa shape index (κ1) is 13.6. The normalized spacial score (nSPS) is 12.2. The number of nitrogens with two attached hydrogens (primary N) is 1. The van der Waals surface area contributed by atoms with Crippen LogP contribution in [0.2, 0.25) is 0 Å². The molecule has 1 rings (SSSR count). The third kappa shape index (κ3) is 4.53. The summed E-state index contributed by atoms with van der Waals surface area (Å²) in [4.78, 5) is 11.6. The molecule has 0 aliphatic heterocycles. The molecule has 0 saturated heterocycles. The van der Waals surface area contributed by atoms with Crippen LogP contribution < -0.4 is 11.1 Å². The number of rotatable bonds is 6. The van der Waals surface area contributed by atoms with Crippen molar-refractivity contribution in [3.63, 3.8) is 0 Å². The van der Waals surface area contributed by atoms with Crippen LogP contribution in [0.1, 0.15) is 31.2 Å². The average Bonchev–Trinajstić information content (AvgIpc) is 2.34. The second-order valence-electron chi connectivity index (χ2n) is 4.04. The zero-order valence-corrected chi connectivity index (χ0v) is 10.1. The van der Waals surface area contributed by atoms with Gasteiger partial charge in [0.1, 0.15) is 5.82 Å². The maximum atomic E-state index is 12.8. The van der Waals surface area contributed by atoms with Crippen molar-refractivity contribution in [3.05, 3.63) is 35.6 Å². The molecule has 0 aromatic heterocycles. The Morgan fingerprint density at radius 2 is 2.06 bits per heavy atom. The number of benzene rings is 1. The van der Waals surface area contributed by atoms with E-state index in [1.165, 1.54) is 12.1 Å². The summed E-state index contributed by atoms with van der Waals surface area (Å²) in [5.41, 5.74) is 6.55. The molecule has 17 heavy (non-hydrogen) atoms. The maximum Gasteiger partial charge on any atom is 0.220 e. The average molecular weight is 238 g/mol. The van der Waals surface area contributed by atoms with Crippen LogP contribution in [0.3, 0.4) is 0 Å². The lowest BCUT2D eigenvalue weighted by atomic mass is 9.95. The lowest BCUT2D eigenvalue weighted by Gasteiger charge is -2.14. The first-order valence-electron chi connectivity index (χ1n) is 5.89. The van der Waals surface area contributed by atoms with Gasteiger partial charge in [-0.2, -0.15) is 0 Å². The molecule has 0 bridgehead atoms. The van der Waals surface area contributed by atoms with Gasteiger partial charge >= 0.3 is 0 Å². The molecule has 94 valence electrons. The van der Waals surface area contributed by atoms with E-state index >= 15 is 0 Å². The predicted molar refractivity (Wildman–Crippen MR) is 66.1 cm³/mol. The quantitative estimate of drug-likeness (QED) is 0.793. The van der Waals surface area contributed by atoms with E-state index in [2.05, 4.69) is 5.32 Å². The number of halogens is 1. The molecular weight excluding hydrogens is 219 g/mol. The number of carbonyl (C=O) groups is 1. The van der Waals surface area contributed by atoms with E-state index in [4.69, 9.17) is 5.73 Å². The minimum Gasteiger partial charge on any atom is -0.356 e. The molecule has 0 saturated carbocycles. The highest BCUT2D eigenvalue weighted by molar-refractivity contribution is 5.76. The van der Waals surface area contributed by atoms with E-state index in [-0.39, 0.29) is 17.6 Å². The van der Waals surface area contributed by atoms with Crippen molar-refractivity contribution in [2.75, 3.05) is 13.1 Å². The molecule has 3 nitrogen and oxygen atoms in total. The fourth-order valence-corrected chi connectivity index (χ4v) is 1.63.